The molecule has 0 amide bonds. The third-order valence-corrected chi connectivity index (χ3v) is 12.3. The van der Waals surface area contributed by atoms with Gasteiger partial charge in [-0.1, -0.05) is 84.9 Å². The Labute approximate surface area is 306 Å². The zero-order valence-electron chi connectivity index (χ0n) is 28.8. The molecule has 1 aliphatic carbocycles. The van der Waals surface area contributed by atoms with Crippen LogP contribution in [0.1, 0.15) is 43.7 Å². The first-order valence-corrected chi connectivity index (χ1v) is 18.7. The van der Waals surface area contributed by atoms with Crippen LogP contribution in [0.5, 0.6) is 0 Å². The Morgan fingerprint density at radius 2 is 0.843 bits per heavy atom. The molecule has 0 radical (unpaired) electrons. The summed E-state index contributed by atoms with van der Waals surface area (Å²) in [6.45, 7) is 8.28. The lowest BCUT2D eigenvalue weighted by molar-refractivity contribution is 0.769. The summed E-state index contributed by atoms with van der Waals surface area (Å²) in [5.74, 6) is 0. The van der Waals surface area contributed by atoms with Gasteiger partial charge in [0.15, 0.2) is 0 Å². The first-order valence-electron chi connectivity index (χ1n) is 17.1. The van der Waals surface area contributed by atoms with Crippen LogP contribution in [-0.2, 0) is 5.41 Å². The molecule has 6 heteroatoms. The normalized spacial score (nSPS) is 12.9. The number of rotatable bonds is 6. The smallest absolute Gasteiger partial charge is 0.0903 e. The van der Waals surface area contributed by atoms with E-state index in [0.717, 1.165) is 54.8 Å². The Bertz CT molecular complexity index is 2400. The van der Waals surface area contributed by atoms with Gasteiger partial charge in [0.05, 0.1) is 36.6 Å². The topological polar surface area (TPSA) is 51.6 Å². The van der Waals surface area contributed by atoms with Crippen LogP contribution in [0.2, 0.25) is 0 Å². The second-order valence-electron chi connectivity index (χ2n) is 13.2. The number of pyridine rings is 2. The summed E-state index contributed by atoms with van der Waals surface area (Å²) in [4.78, 5) is 21.2. The van der Waals surface area contributed by atoms with Gasteiger partial charge >= 0.3 is 0 Å². The Balaban J connectivity index is 1.27. The van der Waals surface area contributed by atoms with Crippen LogP contribution in [0.15, 0.2) is 134 Å². The summed E-state index contributed by atoms with van der Waals surface area (Å²) >= 11 is 3.44. The van der Waals surface area contributed by atoms with Crippen molar-refractivity contribution in [2.75, 3.05) is 0 Å². The van der Waals surface area contributed by atoms with Crippen LogP contribution in [0.4, 0.5) is 0 Å². The minimum absolute atomic E-state index is 0.550. The molecule has 4 aromatic heterocycles. The van der Waals surface area contributed by atoms with Crippen molar-refractivity contribution in [3.63, 3.8) is 0 Å². The van der Waals surface area contributed by atoms with E-state index >= 15 is 0 Å². The third kappa shape index (κ3) is 5.17. The molecule has 4 heterocycles. The van der Waals surface area contributed by atoms with Gasteiger partial charge < -0.3 is 0 Å². The molecule has 0 saturated carbocycles. The fourth-order valence-corrected chi connectivity index (χ4v) is 9.69. The van der Waals surface area contributed by atoms with Crippen LogP contribution >= 0.6 is 22.7 Å². The first kappa shape index (κ1) is 31.4. The quantitative estimate of drug-likeness (QED) is 0.174. The number of hydrogen-bond acceptors (Lipinski definition) is 6. The molecule has 0 unspecified atom stereocenters. The van der Waals surface area contributed by atoms with Gasteiger partial charge in [0.25, 0.3) is 0 Å². The van der Waals surface area contributed by atoms with Gasteiger partial charge in [-0.15, -0.1) is 22.7 Å². The number of benzene rings is 4. The zero-order chi connectivity index (χ0) is 34.7. The van der Waals surface area contributed by atoms with Gasteiger partial charge in [0.2, 0.25) is 0 Å². The Kier molecular flexibility index (Phi) is 7.60. The fourth-order valence-electron chi connectivity index (χ4n) is 7.89. The molecule has 0 N–H and O–H groups in total. The van der Waals surface area contributed by atoms with Crippen LogP contribution in [-0.4, -0.2) is 19.9 Å². The van der Waals surface area contributed by atoms with E-state index in [4.69, 9.17) is 9.97 Å². The lowest BCUT2D eigenvalue weighted by Crippen LogP contribution is -2.28. The molecule has 8 aromatic rings. The van der Waals surface area contributed by atoms with Gasteiger partial charge in [0, 0.05) is 47.0 Å². The van der Waals surface area contributed by atoms with Crippen molar-refractivity contribution in [2.45, 2.75) is 33.1 Å². The number of hydrogen-bond donors (Lipinski definition) is 0. The monoisotopic (exact) mass is 694 g/mol. The molecule has 4 nitrogen and oxygen atoms in total. The standard InChI is InChI=1S/C45H34N4S2/c1-27-43(50-29(3)48-27)35-19-33(23-46-25-35)31-15-17-39-40-18-16-32(34-20-36(26-47-24-34)44-28(2)49-30(4)51-44)22-42(40)45(41(39)21-31,37-11-7-5-8-12-37)38-13-9-6-10-14-38/h5-26H,1-4H3. The molecule has 0 saturated heterocycles. The molecule has 51 heavy (non-hydrogen) atoms. The summed E-state index contributed by atoms with van der Waals surface area (Å²) in [6.07, 6.45) is 7.86. The van der Waals surface area contributed by atoms with Crippen LogP contribution < -0.4 is 0 Å². The predicted molar refractivity (Wildman–Crippen MR) is 211 cm³/mol. The number of aromatic nitrogens is 4. The second-order valence-corrected chi connectivity index (χ2v) is 15.6. The lowest BCUT2D eigenvalue weighted by atomic mass is 9.67. The average Bonchev–Trinajstić information content (AvgIpc) is 3.80. The molecule has 1 aliphatic rings. The van der Waals surface area contributed by atoms with Crippen molar-refractivity contribution in [1.82, 2.24) is 19.9 Å². The van der Waals surface area contributed by atoms with E-state index in [9.17, 15) is 0 Å². The molecule has 246 valence electrons. The van der Waals surface area contributed by atoms with E-state index in [-0.39, 0.29) is 0 Å². The molecule has 0 aliphatic heterocycles. The van der Waals surface area contributed by atoms with Crippen molar-refractivity contribution < 1.29 is 0 Å². The van der Waals surface area contributed by atoms with E-state index in [1.54, 1.807) is 22.7 Å². The highest BCUT2D eigenvalue weighted by Crippen LogP contribution is 2.57. The van der Waals surface area contributed by atoms with Crippen molar-refractivity contribution in [2.24, 2.45) is 0 Å². The van der Waals surface area contributed by atoms with E-state index in [1.165, 1.54) is 43.1 Å². The molecular weight excluding hydrogens is 661 g/mol. The van der Waals surface area contributed by atoms with Gasteiger partial charge in [0.1, 0.15) is 0 Å². The van der Waals surface area contributed by atoms with E-state index in [2.05, 4.69) is 147 Å². The summed E-state index contributed by atoms with van der Waals surface area (Å²) < 4.78 is 0. The summed E-state index contributed by atoms with van der Waals surface area (Å²) in [5.41, 5.74) is 15.7. The third-order valence-electron chi connectivity index (χ3n) is 10.0. The SMILES string of the molecule is Cc1nc(C)c(-c2cncc(-c3ccc4c(c3)C(c3ccccc3)(c3ccccc3)c3cc(-c5cncc(-c6sc(C)nc6C)c5)ccc3-4)c2)s1. The highest BCUT2D eigenvalue weighted by Gasteiger charge is 2.46. The van der Waals surface area contributed by atoms with Crippen molar-refractivity contribution in [3.05, 3.63) is 178 Å². The maximum atomic E-state index is 4.72. The van der Waals surface area contributed by atoms with Gasteiger partial charge in [-0.3, -0.25) is 9.97 Å². The average molecular weight is 695 g/mol. The number of nitrogens with zero attached hydrogens (tertiary/aromatic N) is 4. The summed E-state index contributed by atoms with van der Waals surface area (Å²) in [5, 5.41) is 2.13. The van der Waals surface area contributed by atoms with Crippen LogP contribution in [0.25, 0.3) is 54.3 Å². The Morgan fingerprint density at radius 1 is 0.431 bits per heavy atom. The minimum Gasteiger partial charge on any atom is -0.263 e. The summed E-state index contributed by atoms with van der Waals surface area (Å²) in [6, 6.07) is 40.4. The van der Waals surface area contributed by atoms with E-state index in [1.807, 2.05) is 24.8 Å². The molecule has 0 fully saturated rings. The van der Waals surface area contributed by atoms with E-state index in [0.29, 0.717) is 0 Å². The molecule has 0 bridgehead atoms. The van der Waals surface area contributed by atoms with Crippen molar-refractivity contribution >= 4 is 22.7 Å². The highest BCUT2D eigenvalue weighted by molar-refractivity contribution is 7.15. The maximum absolute atomic E-state index is 4.72. The largest absolute Gasteiger partial charge is 0.263 e. The molecule has 0 spiro atoms. The van der Waals surface area contributed by atoms with Crippen molar-refractivity contribution in [3.8, 4) is 54.3 Å². The lowest BCUT2D eigenvalue weighted by Gasteiger charge is -2.34. The number of thiazole rings is 2. The number of aryl methyl sites for hydroxylation is 4. The van der Waals surface area contributed by atoms with Gasteiger partial charge in [-0.05, 0) is 96.5 Å². The second kappa shape index (κ2) is 12.3. The number of fused-ring (bicyclic) bond motifs is 3. The van der Waals surface area contributed by atoms with Gasteiger partial charge in [-0.25, -0.2) is 9.97 Å². The Morgan fingerprint density at radius 3 is 1.24 bits per heavy atom. The fraction of sp³-hybridized carbons (Fsp3) is 0.111. The van der Waals surface area contributed by atoms with Crippen LogP contribution in [0, 0.1) is 27.7 Å². The first-order chi connectivity index (χ1) is 24.9. The zero-order valence-corrected chi connectivity index (χ0v) is 30.4. The Hall–Kier alpha value is -5.56. The molecule has 4 aromatic carbocycles. The van der Waals surface area contributed by atoms with Gasteiger partial charge in [-0.2, -0.15) is 0 Å². The summed E-state index contributed by atoms with van der Waals surface area (Å²) in [7, 11) is 0. The molecule has 0 atom stereocenters. The maximum Gasteiger partial charge on any atom is 0.0903 e. The highest BCUT2D eigenvalue weighted by atomic mass is 32.1. The van der Waals surface area contributed by atoms with E-state index < -0.39 is 5.41 Å². The van der Waals surface area contributed by atoms with Crippen LogP contribution in [0.3, 0.4) is 0 Å². The molecular formula is C45H34N4S2. The van der Waals surface area contributed by atoms with Crippen molar-refractivity contribution in [1.29, 1.82) is 0 Å². The minimum atomic E-state index is -0.550. The molecule has 9 rings (SSSR count). The predicted octanol–water partition coefficient (Wildman–Crippen LogP) is 11.7.